The minimum atomic E-state index is -0.685. The molecule has 1 aromatic carbocycles. The zero-order valence-electron chi connectivity index (χ0n) is 12.3. The lowest BCUT2D eigenvalue weighted by atomic mass is 10.0. The number of ether oxygens (including phenoxy) is 1. The molecule has 0 N–H and O–H groups in total. The van der Waals surface area contributed by atoms with Crippen LogP contribution in [0.15, 0.2) is 30.3 Å². The standard InChI is InChI=1S/C15H22N2O4/c1-2-6-15(21-17(18)19)16-9-10-20-12-14(16)11-13-7-4-3-5-8-13/h3-5,7-8,14-15H,2,6,9-12H2,1H3. The fraction of sp³-hybridized carbons (Fsp3) is 0.600. The van der Waals surface area contributed by atoms with E-state index in [-0.39, 0.29) is 6.04 Å². The van der Waals surface area contributed by atoms with E-state index in [0.29, 0.717) is 26.2 Å². The normalized spacial score (nSPS) is 20.9. The molecule has 0 saturated carbocycles. The fourth-order valence-electron chi connectivity index (χ4n) is 2.73. The van der Waals surface area contributed by atoms with E-state index >= 15 is 0 Å². The lowest BCUT2D eigenvalue weighted by molar-refractivity contribution is -0.775. The van der Waals surface area contributed by atoms with E-state index < -0.39 is 11.3 Å². The van der Waals surface area contributed by atoms with Crippen molar-refractivity contribution in [2.24, 2.45) is 0 Å². The summed E-state index contributed by atoms with van der Waals surface area (Å²) in [6.07, 6.45) is 1.81. The highest BCUT2D eigenvalue weighted by Gasteiger charge is 2.31. The van der Waals surface area contributed by atoms with Gasteiger partial charge in [-0.1, -0.05) is 43.7 Å². The van der Waals surface area contributed by atoms with E-state index in [9.17, 15) is 10.1 Å². The van der Waals surface area contributed by atoms with Crippen LogP contribution in [0.25, 0.3) is 0 Å². The van der Waals surface area contributed by atoms with E-state index in [1.807, 2.05) is 25.1 Å². The first-order valence-corrected chi connectivity index (χ1v) is 7.39. The Hall–Kier alpha value is -1.66. The van der Waals surface area contributed by atoms with Crippen molar-refractivity contribution in [1.82, 2.24) is 4.90 Å². The van der Waals surface area contributed by atoms with Crippen molar-refractivity contribution in [3.8, 4) is 0 Å². The number of hydrogen-bond acceptors (Lipinski definition) is 5. The van der Waals surface area contributed by atoms with Crippen LogP contribution in [0.3, 0.4) is 0 Å². The molecule has 1 aliphatic heterocycles. The molecule has 1 aromatic rings. The maximum Gasteiger partial charge on any atom is 0.296 e. The first kappa shape index (κ1) is 15.7. The van der Waals surface area contributed by atoms with Crippen LogP contribution in [0.1, 0.15) is 25.3 Å². The Kier molecular flexibility index (Phi) is 5.95. The van der Waals surface area contributed by atoms with Gasteiger partial charge in [0.25, 0.3) is 5.09 Å². The zero-order valence-corrected chi connectivity index (χ0v) is 12.3. The molecule has 2 atom stereocenters. The maximum atomic E-state index is 10.7. The van der Waals surface area contributed by atoms with Crippen LogP contribution >= 0.6 is 0 Å². The van der Waals surface area contributed by atoms with Gasteiger partial charge in [0, 0.05) is 12.6 Å². The van der Waals surface area contributed by atoms with Crippen LogP contribution in [0.5, 0.6) is 0 Å². The number of hydrogen-bond donors (Lipinski definition) is 0. The first-order valence-electron chi connectivity index (χ1n) is 7.39. The second-order valence-corrected chi connectivity index (χ2v) is 5.23. The lowest BCUT2D eigenvalue weighted by Crippen LogP contribution is -2.53. The number of benzene rings is 1. The summed E-state index contributed by atoms with van der Waals surface area (Å²) in [5.41, 5.74) is 1.20. The molecule has 2 unspecified atom stereocenters. The summed E-state index contributed by atoms with van der Waals surface area (Å²) in [5.74, 6) is 0. The van der Waals surface area contributed by atoms with E-state index in [0.717, 1.165) is 12.8 Å². The predicted octanol–water partition coefficient (Wildman–Crippen LogP) is 2.26. The molecule has 116 valence electrons. The summed E-state index contributed by atoms with van der Waals surface area (Å²) >= 11 is 0. The van der Waals surface area contributed by atoms with Gasteiger partial charge in [0.15, 0.2) is 6.23 Å². The third-order valence-electron chi connectivity index (χ3n) is 3.70. The number of morpholine rings is 1. The van der Waals surface area contributed by atoms with Gasteiger partial charge in [-0.15, -0.1) is 10.1 Å². The van der Waals surface area contributed by atoms with Crippen molar-refractivity contribution in [2.45, 2.75) is 38.5 Å². The minimum Gasteiger partial charge on any atom is -0.378 e. The number of rotatable bonds is 7. The molecule has 1 fully saturated rings. The van der Waals surface area contributed by atoms with Crippen molar-refractivity contribution in [3.05, 3.63) is 46.0 Å². The van der Waals surface area contributed by atoms with Crippen LogP contribution in [0.2, 0.25) is 0 Å². The molecule has 1 aliphatic rings. The third kappa shape index (κ3) is 4.68. The molecule has 0 radical (unpaired) electrons. The summed E-state index contributed by atoms with van der Waals surface area (Å²) in [5, 5.41) is 10.0. The fourth-order valence-corrected chi connectivity index (χ4v) is 2.73. The van der Waals surface area contributed by atoms with Gasteiger partial charge in [-0.2, -0.15) is 0 Å². The van der Waals surface area contributed by atoms with Gasteiger partial charge in [-0.25, -0.2) is 0 Å². The Morgan fingerprint density at radius 3 is 2.90 bits per heavy atom. The Balaban J connectivity index is 2.07. The Morgan fingerprint density at radius 1 is 1.48 bits per heavy atom. The van der Waals surface area contributed by atoms with Gasteiger partial charge in [0.2, 0.25) is 0 Å². The highest BCUT2D eigenvalue weighted by Crippen LogP contribution is 2.19. The molecule has 1 heterocycles. The SMILES string of the molecule is CCCC(O[N+](=O)[O-])N1CCOCC1Cc1ccccc1. The molecule has 0 bridgehead atoms. The lowest BCUT2D eigenvalue weighted by Gasteiger charge is -2.39. The molecular formula is C15H22N2O4. The molecule has 0 aliphatic carbocycles. The summed E-state index contributed by atoms with van der Waals surface area (Å²) in [6, 6.07) is 10.2. The van der Waals surface area contributed by atoms with E-state index in [4.69, 9.17) is 9.57 Å². The summed E-state index contributed by atoms with van der Waals surface area (Å²) in [6.45, 7) is 3.84. The van der Waals surface area contributed by atoms with Gasteiger partial charge in [0.05, 0.1) is 13.2 Å². The summed E-state index contributed by atoms with van der Waals surface area (Å²) in [7, 11) is 0. The predicted molar refractivity (Wildman–Crippen MR) is 78.2 cm³/mol. The Morgan fingerprint density at radius 2 is 2.24 bits per heavy atom. The highest BCUT2D eigenvalue weighted by molar-refractivity contribution is 5.16. The smallest absolute Gasteiger partial charge is 0.296 e. The van der Waals surface area contributed by atoms with Crippen molar-refractivity contribution in [3.63, 3.8) is 0 Å². The second-order valence-electron chi connectivity index (χ2n) is 5.23. The van der Waals surface area contributed by atoms with Crippen molar-refractivity contribution in [1.29, 1.82) is 0 Å². The van der Waals surface area contributed by atoms with Crippen molar-refractivity contribution >= 4 is 0 Å². The van der Waals surface area contributed by atoms with Gasteiger partial charge in [0.1, 0.15) is 0 Å². The molecule has 0 aromatic heterocycles. The maximum absolute atomic E-state index is 10.7. The first-order chi connectivity index (χ1) is 10.2. The van der Waals surface area contributed by atoms with E-state index in [2.05, 4.69) is 17.0 Å². The van der Waals surface area contributed by atoms with Crippen LogP contribution < -0.4 is 0 Å². The molecule has 1 saturated heterocycles. The molecule has 6 heteroatoms. The van der Waals surface area contributed by atoms with Gasteiger partial charge in [-0.05, 0) is 18.4 Å². The third-order valence-corrected chi connectivity index (χ3v) is 3.70. The van der Waals surface area contributed by atoms with Gasteiger partial charge >= 0.3 is 0 Å². The zero-order chi connectivity index (χ0) is 15.1. The van der Waals surface area contributed by atoms with Crippen LogP contribution in [-0.2, 0) is 16.0 Å². The van der Waals surface area contributed by atoms with Crippen LogP contribution in [0.4, 0.5) is 0 Å². The molecule has 2 rings (SSSR count). The van der Waals surface area contributed by atoms with Gasteiger partial charge in [-0.3, -0.25) is 9.74 Å². The molecule has 6 nitrogen and oxygen atoms in total. The Labute approximate surface area is 124 Å². The molecule has 0 spiro atoms. The average Bonchev–Trinajstić information content (AvgIpc) is 2.48. The molecule has 21 heavy (non-hydrogen) atoms. The van der Waals surface area contributed by atoms with Crippen molar-refractivity contribution < 1.29 is 14.7 Å². The van der Waals surface area contributed by atoms with E-state index in [1.54, 1.807) is 0 Å². The largest absolute Gasteiger partial charge is 0.378 e. The highest BCUT2D eigenvalue weighted by atomic mass is 17.0. The summed E-state index contributed by atoms with van der Waals surface area (Å²) in [4.78, 5) is 17.7. The van der Waals surface area contributed by atoms with Crippen LogP contribution in [0, 0.1) is 10.1 Å². The quantitative estimate of drug-likeness (QED) is 0.570. The Bertz CT molecular complexity index is 441. The average molecular weight is 294 g/mol. The van der Waals surface area contributed by atoms with Crippen LogP contribution in [-0.4, -0.2) is 42.0 Å². The summed E-state index contributed by atoms with van der Waals surface area (Å²) < 4.78 is 5.55. The minimum absolute atomic E-state index is 0.109. The van der Waals surface area contributed by atoms with E-state index in [1.165, 1.54) is 5.56 Å². The number of nitrogens with zero attached hydrogens (tertiary/aromatic N) is 2. The molecule has 0 amide bonds. The topological polar surface area (TPSA) is 64.8 Å². The second kappa shape index (κ2) is 7.95. The molecular weight excluding hydrogens is 272 g/mol. The van der Waals surface area contributed by atoms with Crippen molar-refractivity contribution in [2.75, 3.05) is 19.8 Å². The van der Waals surface area contributed by atoms with Gasteiger partial charge < -0.3 is 4.74 Å². The monoisotopic (exact) mass is 294 g/mol.